The maximum atomic E-state index is 12.2. The number of H-pyrrole nitrogens is 2. The smallest absolute Gasteiger partial charge is 0.334 e. The molecule has 6 amide bonds. The number of unbranched alkanes of at least 4 members (excludes halogenated alkanes) is 24. The molecule has 0 spiro atoms. The molecule has 24 nitrogen and oxygen atoms in total. The second-order valence-corrected chi connectivity index (χ2v) is 33.6. The zero-order chi connectivity index (χ0) is 89.4. The van der Waals surface area contributed by atoms with Gasteiger partial charge in [0.15, 0.2) is 30.3 Å². The Balaban J connectivity index is 0.000000413. The summed E-state index contributed by atoms with van der Waals surface area (Å²) in [5.41, 5.74) is 8.90. The molecule has 1 heterocycles. The van der Waals surface area contributed by atoms with Gasteiger partial charge in [0.2, 0.25) is 0 Å². The van der Waals surface area contributed by atoms with E-state index in [1.54, 1.807) is 95.7 Å². The van der Waals surface area contributed by atoms with E-state index in [0.717, 1.165) is 37.0 Å². The second-order valence-electron chi connectivity index (χ2n) is 29.4. The molecule has 4 unspecified atom stereocenters. The van der Waals surface area contributed by atoms with Crippen LogP contribution in [0, 0.1) is 11.7 Å². The first-order valence-corrected chi connectivity index (χ1v) is 46.5. The van der Waals surface area contributed by atoms with Crippen LogP contribution in [0.1, 0.15) is 255 Å². The van der Waals surface area contributed by atoms with E-state index in [1.807, 2.05) is 107 Å². The van der Waals surface area contributed by atoms with Crippen LogP contribution in [-0.4, -0.2) is 137 Å². The molecule has 0 aliphatic rings. The summed E-state index contributed by atoms with van der Waals surface area (Å²) < 4.78 is 42.9. The highest BCUT2D eigenvalue weighted by atomic mass is 32.2. The van der Waals surface area contributed by atoms with Crippen LogP contribution >= 0.6 is 73.3 Å². The number of aromatic nitrogens is 2. The molecule has 0 saturated carbocycles. The van der Waals surface area contributed by atoms with Crippen LogP contribution < -0.4 is 63.9 Å². The fourth-order valence-corrected chi connectivity index (χ4v) is 13.9. The number of rotatable bonds is 46. The van der Waals surface area contributed by atoms with Gasteiger partial charge in [-0.2, -0.15) is 0 Å². The van der Waals surface area contributed by atoms with Crippen molar-refractivity contribution in [1.29, 1.82) is 0 Å². The normalized spacial score (nSPS) is 11.6. The molecule has 1 aromatic heterocycles. The van der Waals surface area contributed by atoms with E-state index >= 15 is 0 Å². The van der Waals surface area contributed by atoms with Crippen molar-refractivity contribution in [3.63, 3.8) is 0 Å². The van der Waals surface area contributed by atoms with Crippen LogP contribution in [0.2, 0.25) is 0 Å². The van der Waals surface area contributed by atoms with E-state index in [2.05, 4.69) is 78.6 Å². The predicted molar refractivity (Wildman–Crippen MR) is 517 cm³/mol. The van der Waals surface area contributed by atoms with Crippen LogP contribution in [0.5, 0.6) is 0 Å². The number of fused-ring (bicyclic) bond motifs is 1. The average molecular weight is 1810 g/mol. The third-order valence-corrected chi connectivity index (χ3v) is 21.2. The number of ether oxygens (including phenoxy) is 3. The fraction of sp³-hybridized carbons (Fsp3) is 0.473. The minimum Gasteiger partial charge on any atom is -0.377 e. The molecule has 0 bridgehead atoms. The van der Waals surface area contributed by atoms with Gasteiger partial charge in [0.1, 0.15) is 0 Å². The van der Waals surface area contributed by atoms with Gasteiger partial charge < -0.3 is 46.2 Å². The van der Waals surface area contributed by atoms with Crippen molar-refractivity contribution in [2.75, 3.05) is 39.5 Å². The quantitative estimate of drug-likeness (QED) is 0.0124. The zero-order valence-corrected chi connectivity index (χ0v) is 77.7. The number of aromatic amines is 2. The molecular formula is C91H131N13O11S7. The molecule has 0 aliphatic carbocycles. The lowest BCUT2D eigenvalue weighted by Crippen LogP contribution is -2.45. The van der Waals surface area contributed by atoms with Gasteiger partial charge in [0.25, 0.3) is 39.2 Å². The largest absolute Gasteiger partial charge is 0.377 e. The number of hydrogen-bond acceptors (Lipinski definition) is 17. The first kappa shape index (κ1) is 107. The average Bonchev–Trinajstić information content (AvgIpc) is 0.838. The number of amides is 6. The molecule has 0 fully saturated rings. The van der Waals surface area contributed by atoms with Crippen molar-refractivity contribution in [3.05, 3.63) is 213 Å². The number of nitrogens with two attached hydrogens (primary N) is 1. The van der Waals surface area contributed by atoms with Gasteiger partial charge in [-0.05, 0) is 194 Å². The number of urea groups is 1. The molecule has 14 N–H and O–H groups in total. The summed E-state index contributed by atoms with van der Waals surface area (Å²) in [5.74, 6) is -0.833. The fourth-order valence-electron chi connectivity index (χ4n) is 11.7. The Morgan fingerprint density at radius 1 is 0.410 bits per heavy atom. The lowest BCUT2D eigenvalue weighted by Gasteiger charge is -2.24. The summed E-state index contributed by atoms with van der Waals surface area (Å²) >= 11 is 30.0. The number of sulfonamides is 1. The van der Waals surface area contributed by atoms with Gasteiger partial charge in [-0.25, -0.2) is 17.9 Å². The third kappa shape index (κ3) is 52.5. The summed E-state index contributed by atoms with van der Waals surface area (Å²) in [6.45, 7) is 17.3. The van der Waals surface area contributed by atoms with Crippen molar-refractivity contribution in [1.82, 2.24) is 62.5 Å². The Labute approximate surface area is 755 Å². The summed E-state index contributed by atoms with van der Waals surface area (Å²) in [7, 11) is -3.90. The molecule has 0 aliphatic heterocycles. The molecule has 122 heavy (non-hydrogen) atoms. The first-order chi connectivity index (χ1) is 58.7. The number of para-hydroxylation sites is 1. The van der Waals surface area contributed by atoms with Gasteiger partial charge in [0.05, 0.1) is 54.4 Å². The minimum absolute atomic E-state index is 0.0128. The summed E-state index contributed by atoms with van der Waals surface area (Å²) in [6, 6.07) is 48.1. The predicted octanol–water partition coefficient (Wildman–Crippen LogP) is 17.8. The number of carbonyl (C=O) groups is 5. The monoisotopic (exact) mass is 1810 g/mol. The highest BCUT2D eigenvalue weighted by molar-refractivity contribution is 7.90. The first-order valence-electron chi connectivity index (χ1n) is 42.6. The number of aryl methyl sites for hydroxylation is 1. The van der Waals surface area contributed by atoms with Crippen LogP contribution in [0.15, 0.2) is 180 Å². The van der Waals surface area contributed by atoms with Gasteiger partial charge in [-0.15, -0.1) is 0 Å². The number of thiocarbonyl (C=S) groups is 5. The molecule has 0 saturated heterocycles. The molecule has 31 heteroatoms. The number of benzene rings is 6. The molecule has 6 aromatic carbocycles. The summed E-state index contributed by atoms with van der Waals surface area (Å²) in [6.07, 6.45) is 34.8. The van der Waals surface area contributed by atoms with Crippen LogP contribution in [0.25, 0.3) is 10.9 Å². The molecule has 7 rings (SSSR count). The highest BCUT2D eigenvalue weighted by Crippen LogP contribution is 2.16. The van der Waals surface area contributed by atoms with Gasteiger partial charge in [0, 0.05) is 47.4 Å². The van der Waals surface area contributed by atoms with E-state index < -0.39 is 16.1 Å². The number of hydrogen-bond donors (Lipinski definition) is 13. The van der Waals surface area contributed by atoms with E-state index in [0.29, 0.717) is 69.1 Å². The van der Waals surface area contributed by atoms with Crippen molar-refractivity contribution in [2.24, 2.45) is 5.73 Å². The van der Waals surface area contributed by atoms with E-state index in [1.165, 1.54) is 166 Å². The van der Waals surface area contributed by atoms with Gasteiger partial charge >= 0.3 is 6.03 Å². The Hall–Kier alpha value is -8.89. The lowest BCUT2D eigenvalue weighted by molar-refractivity contribution is -0.0722. The minimum atomic E-state index is -3.90. The molecule has 7 aromatic rings. The second kappa shape index (κ2) is 66.6. The number of nitrogens with one attached hydrogen (secondary N) is 12. The summed E-state index contributed by atoms with van der Waals surface area (Å²) in [4.78, 5) is 76.0. The maximum Gasteiger partial charge on any atom is 0.334 e. The lowest BCUT2D eigenvalue weighted by atomic mass is 10.0. The van der Waals surface area contributed by atoms with Crippen molar-refractivity contribution in [3.8, 4) is 0 Å². The van der Waals surface area contributed by atoms with Crippen molar-refractivity contribution < 1.29 is 46.6 Å². The molecule has 668 valence electrons. The molecule has 0 radical (unpaired) electrons. The zero-order valence-electron chi connectivity index (χ0n) is 72.0. The van der Waals surface area contributed by atoms with E-state index in [-0.39, 0.29) is 73.7 Å². The van der Waals surface area contributed by atoms with Crippen LogP contribution in [0.4, 0.5) is 4.79 Å². The SMILES string of the molecule is CC(COCCOC(C)C(C)OCC(C)NC(=S)NC(=O)c1ccccc1)NC(=S)NC(=O)c1ccccc1.CCCCCCCCCCCCCCCCCCNC(=S)NC(=O)c1ccccc1.CCCCCCCCCCCCNC(=S)NC(=O)c1ccccc1.Cc1ccc(S(=O)(=O)NC(=O)NC(N)=S)cc1.O=c1[nH]c(=S)[nH]c2ccccc12. The number of carbonyl (C=O) groups excluding carboxylic acids is 5. The Morgan fingerprint density at radius 3 is 1.12 bits per heavy atom. The standard InChI is InChI=1S/C28H38N4O5S2.C26H44N2OS.C20H32N2OS.C9H11N3O3S2.C8H6N2OS/c1-19(29-27(38)31-25(33)23-11-7-5-8-12-23)17-35-15-16-36-21(3)22(4)37-18-20(2)30-28(39)32-26(34)24-13-9-6-10-14-24;1-2-3-4-5-6-7-8-9-10-11-12-13-14-15-16-20-23-27-26(30)28-25(29)24-21-18-17-19-22-24;1-2-3-4-5-6-7-8-9-10-14-17-21-20(24)22-19(23)18-15-12-11-13-16-18;1-6-2-4-7(5-3-6)17(14,15)12-9(13)11-8(10)16;11-7-5-3-1-2-4-6(5)9-8(12)10-7/h5-14,19-22H,15-18H2,1-4H3,(H2,29,31,33,38)(H2,30,32,34,39);17-19,21-22H,2-16,20,23H2,1H3,(H2,27,28,29,30);11-13,15-16H,2-10,14,17H2,1H3,(H2,21,22,23,24);2-5H,1H3,(H4,10,11,12,13,16);1-4H,(H2,9,10,11,12). The highest BCUT2D eigenvalue weighted by Gasteiger charge is 2.20. The molecular weight excluding hydrogens is 1680 g/mol. The Kier molecular flexibility index (Phi) is 58.6. The summed E-state index contributed by atoms with van der Waals surface area (Å²) in [5, 5.41) is 26.7. The van der Waals surface area contributed by atoms with E-state index in [4.69, 9.17) is 81.0 Å². The third-order valence-electron chi connectivity index (χ3n) is 18.6. The Morgan fingerprint density at radius 2 is 0.746 bits per heavy atom. The maximum absolute atomic E-state index is 12.2. The van der Waals surface area contributed by atoms with Crippen molar-refractivity contribution in [2.45, 2.75) is 245 Å². The molecule has 4 atom stereocenters. The van der Waals surface area contributed by atoms with Crippen molar-refractivity contribution >= 4 is 149 Å². The van der Waals surface area contributed by atoms with Gasteiger partial charge in [-0.3, -0.25) is 55.5 Å². The van der Waals surface area contributed by atoms with Crippen LogP contribution in [0.3, 0.4) is 0 Å². The van der Waals surface area contributed by atoms with E-state index in [9.17, 15) is 37.2 Å². The van der Waals surface area contributed by atoms with Gasteiger partial charge in [-0.1, -0.05) is 271 Å². The Bertz CT molecular complexity index is 4400. The topological polar surface area (TPSA) is 342 Å². The van der Waals surface area contributed by atoms with Crippen LogP contribution in [-0.2, 0) is 24.2 Å².